The van der Waals surface area contributed by atoms with Gasteiger partial charge in [-0.3, -0.25) is 4.79 Å². The quantitative estimate of drug-likeness (QED) is 0.877. The fraction of sp³-hybridized carbons (Fsp3) is 0.417. The lowest BCUT2D eigenvalue weighted by Gasteiger charge is -2.21. The molecule has 1 aromatic carbocycles. The number of aliphatic carboxylic acids is 1. The van der Waals surface area contributed by atoms with E-state index in [0.717, 1.165) is 16.3 Å². The number of sulfonamides is 1. The van der Waals surface area contributed by atoms with Crippen LogP contribution in [-0.4, -0.2) is 36.9 Å². The Morgan fingerprint density at radius 1 is 1.33 bits per heavy atom. The molecule has 0 saturated carbocycles. The van der Waals surface area contributed by atoms with Gasteiger partial charge >= 0.3 is 5.97 Å². The number of carbonyl (C=O) groups is 1. The van der Waals surface area contributed by atoms with Crippen LogP contribution in [0.2, 0.25) is 0 Å². The van der Waals surface area contributed by atoms with E-state index >= 15 is 0 Å². The lowest BCUT2D eigenvalue weighted by atomic mass is 10.2. The number of hydrogen-bond acceptors (Lipinski definition) is 3. The van der Waals surface area contributed by atoms with Gasteiger partial charge in [0.1, 0.15) is 6.04 Å². The summed E-state index contributed by atoms with van der Waals surface area (Å²) in [5.74, 6) is -1.17. The molecule has 0 bridgehead atoms. The largest absolute Gasteiger partial charge is 0.480 e. The fourth-order valence-corrected chi connectivity index (χ4v) is 2.75. The second-order valence-corrected chi connectivity index (χ2v) is 6.03. The second kappa shape index (κ2) is 5.49. The highest BCUT2D eigenvalue weighted by atomic mass is 32.2. The molecule has 1 N–H and O–H groups in total. The predicted molar refractivity (Wildman–Crippen MR) is 67.9 cm³/mol. The van der Waals surface area contributed by atoms with Crippen molar-refractivity contribution in [3.05, 3.63) is 29.8 Å². The van der Waals surface area contributed by atoms with Crippen LogP contribution in [0.4, 0.5) is 0 Å². The van der Waals surface area contributed by atoms with E-state index in [1.165, 1.54) is 26.1 Å². The summed E-state index contributed by atoms with van der Waals surface area (Å²) in [6, 6.07) is 5.36. The molecule has 1 atom stereocenters. The van der Waals surface area contributed by atoms with Gasteiger partial charge in [-0.2, -0.15) is 4.31 Å². The molecular weight excluding hydrogens is 254 g/mol. The molecule has 1 unspecified atom stereocenters. The smallest absolute Gasteiger partial charge is 0.321 e. The molecule has 0 spiro atoms. The van der Waals surface area contributed by atoms with Gasteiger partial charge in [0.05, 0.1) is 4.90 Å². The van der Waals surface area contributed by atoms with Crippen LogP contribution in [0.1, 0.15) is 19.4 Å². The minimum Gasteiger partial charge on any atom is -0.480 e. The van der Waals surface area contributed by atoms with Gasteiger partial charge in [0.25, 0.3) is 0 Å². The highest BCUT2D eigenvalue weighted by Gasteiger charge is 2.29. The Morgan fingerprint density at radius 2 is 1.83 bits per heavy atom. The number of rotatable bonds is 5. The van der Waals surface area contributed by atoms with Gasteiger partial charge < -0.3 is 5.11 Å². The van der Waals surface area contributed by atoms with E-state index in [1.54, 1.807) is 12.1 Å². The molecule has 0 heterocycles. The number of aryl methyl sites for hydroxylation is 1. The van der Waals surface area contributed by atoms with Crippen molar-refractivity contribution in [2.75, 3.05) is 7.05 Å². The summed E-state index contributed by atoms with van der Waals surface area (Å²) in [5, 5.41) is 8.84. The minimum atomic E-state index is -3.76. The Kier molecular flexibility index (Phi) is 4.48. The van der Waals surface area contributed by atoms with Crippen molar-refractivity contribution in [1.82, 2.24) is 4.31 Å². The Bertz CT molecular complexity index is 522. The van der Waals surface area contributed by atoms with Crippen LogP contribution in [0.5, 0.6) is 0 Å². The molecule has 0 aliphatic carbocycles. The highest BCUT2D eigenvalue weighted by molar-refractivity contribution is 7.89. The molecule has 18 heavy (non-hydrogen) atoms. The van der Waals surface area contributed by atoms with Crippen LogP contribution in [0.25, 0.3) is 0 Å². The maximum absolute atomic E-state index is 12.1. The van der Waals surface area contributed by atoms with Crippen LogP contribution in [0, 0.1) is 0 Å². The monoisotopic (exact) mass is 271 g/mol. The molecule has 6 heteroatoms. The maximum atomic E-state index is 12.1. The first-order chi connectivity index (χ1) is 8.30. The summed E-state index contributed by atoms with van der Waals surface area (Å²) >= 11 is 0. The van der Waals surface area contributed by atoms with Crippen LogP contribution < -0.4 is 0 Å². The molecule has 0 aliphatic rings. The molecule has 1 rings (SSSR count). The summed E-state index contributed by atoms with van der Waals surface area (Å²) in [7, 11) is -2.49. The second-order valence-electron chi connectivity index (χ2n) is 4.03. The first-order valence-electron chi connectivity index (χ1n) is 5.60. The maximum Gasteiger partial charge on any atom is 0.321 e. The third kappa shape index (κ3) is 2.88. The van der Waals surface area contributed by atoms with Crippen LogP contribution in [0.3, 0.4) is 0 Å². The van der Waals surface area contributed by atoms with Gasteiger partial charge in [-0.05, 0) is 31.0 Å². The molecule has 0 fully saturated rings. The predicted octanol–water partition coefficient (Wildman–Crippen LogP) is 1.34. The topological polar surface area (TPSA) is 74.7 Å². The number of hydrogen-bond donors (Lipinski definition) is 1. The van der Waals surface area contributed by atoms with Crippen LogP contribution >= 0.6 is 0 Å². The van der Waals surface area contributed by atoms with E-state index in [4.69, 9.17) is 5.11 Å². The Balaban J connectivity index is 3.09. The molecule has 100 valence electrons. The van der Waals surface area contributed by atoms with E-state index in [9.17, 15) is 13.2 Å². The van der Waals surface area contributed by atoms with Gasteiger partial charge in [-0.1, -0.05) is 19.1 Å². The highest BCUT2D eigenvalue weighted by Crippen LogP contribution is 2.17. The molecule has 0 radical (unpaired) electrons. The van der Waals surface area contributed by atoms with Gasteiger partial charge in [0.2, 0.25) is 10.0 Å². The van der Waals surface area contributed by atoms with Gasteiger partial charge in [-0.15, -0.1) is 0 Å². The number of likely N-dealkylation sites (N-methyl/N-ethyl adjacent to an activating group) is 1. The van der Waals surface area contributed by atoms with Gasteiger partial charge in [0, 0.05) is 7.05 Å². The van der Waals surface area contributed by atoms with E-state index in [-0.39, 0.29) is 4.90 Å². The first-order valence-corrected chi connectivity index (χ1v) is 7.04. The zero-order valence-corrected chi connectivity index (χ0v) is 11.4. The normalized spacial score (nSPS) is 13.6. The molecule has 0 aliphatic heterocycles. The summed E-state index contributed by atoms with van der Waals surface area (Å²) in [6.07, 6.45) is 0.821. The van der Waals surface area contributed by atoms with Crippen LogP contribution in [0.15, 0.2) is 29.2 Å². The molecular formula is C12H17NO4S. The zero-order chi connectivity index (χ0) is 13.9. The molecule has 0 saturated heterocycles. The summed E-state index contributed by atoms with van der Waals surface area (Å²) in [5.41, 5.74) is 1.03. The summed E-state index contributed by atoms with van der Waals surface area (Å²) in [4.78, 5) is 10.9. The third-order valence-electron chi connectivity index (χ3n) is 2.91. The SMILES string of the molecule is CCc1ccc(S(=O)(=O)N(C)C(C)C(=O)O)cc1. The zero-order valence-electron chi connectivity index (χ0n) is 10.6. The lowest BCUT2D eigenvalue weighted by Crippen LogP contribution is -2.40. The van der Waals surface area contributed by atoms with Crippen molar-refractivity contribution in [2.45, 2.75) is 31.2 Å². The van der Waals surface area contributed by atoms with Crippen molar-refractivity contribution in [3.8, 4) is 0 Å². The average molecular weight is 271 g/mol. The van der Waals surface area contributed by atoms with Crippen molar-refractivity contribution in [1.29, 1.82) is 0 Å². The van der Waals surface area contributed by atoms with E-state index in [2.05, 4.69) is 0 Å². The molecule has 5 nitrogen and oxygen atoms in total. The first kappa shape index (κ1) is 14.7. The number of nitrogens with zero attached hydrogens (tertiary/aromatic N) is 1. The third-order valence-corrected chi connectivity index (χ3v) is 4.85. The average Bonchev–Trinajstić information content (AvgIpc) is 2.36. The fourth-order valence-electron chi connectivity index (χ4n) is 1.43. The van der Waals surface area contributed by atoms with Gasteiger partial charge in [0.15, 0.2) is 0 Å². The van der Waals surface area contributed by atoms with Crippen molar-refractivity contribution >= 4 is 16.0 Å². The Morgan fingerprint density at radius 3 is 2.22 bits per heavy atom. The molecule has 0 aromatic heterocycles. The Labute approximate surface area is 107 Å². The Hall–Kier alpha value is -1.40. The van der Waals surface area contributed by atoms with Crippen LogP contribution in [-0.2, 0) is 21.2 Å². The van der Waals surface area contributed by atoms with E-state index in [1.807, 2.05) is 6.92 Å². The molecule has 0 amide bonds. The van der Waals surface area contributed by atoms with E-state index < -0.39 is 22.0 Å². The standard InChI is InChI=1S/C12H17NO4S/c1-4-10-5-7-11(8-6-10)18(16,17)13(3)9(2)12(14)15/h5-9H,4H2,1-3H3,(H,14,15). The van der Waals surface area contributed by atoms with Gasteiger partial charge in [-0.25, -0.2) is 8.42 Å². The minimum absolute atomic E-state index is 0.107. The van der Waals surface area contributed by atoms with E-state index in [0.29, 0.717) is 0 Å². The number of carboxylic acids is 1. The van der Waals surface area contributed by atoms with Crippen molar-refractivity contribution in [3.63, 3.8) is 0 Å². The number of benzene rings is 1. The number of carboxylic acid groups (broad SMARTS) is 1. The lowest BCUT2D eigenvalue weighted by molar-refractivity contribution is -0.140. The summed E-state index contributed by atoms with van der Waals surface area (Å²) in [6.45, 7) is 3.31. The summed E-state index contributed by atoms with van der Waals surface area (Å²) < 4.78 is 25.1. The van der Waals surface area contributed by atoms with Crippen molar-refractivity contribution < 1.29 is 18.3 Å². The van der Waals surface area contributed by atoms with Crippen molar-refractivity contribution in [2.24, 2.45) is 0 Å². The molecule has 1 aromatic rings.